The molecule has 1 nitrogen and oxygen atoms in total. The monoisotopic (exact) mass is 250 g/mol. The van der Waals surface area contributed by atoms with Crippen LogP contribution in [0.1, 0.15) is 78.6 Å². The van der Waals surface area contributed by atoms with Crippen LogP contribution in [0.15, 0.2) is 12.2 Å². The van der Waals surface area contributed by atoms with Crippen LogP contribution in [0.25, 0.3) is 0 Å². The Hall–Kier alpha value is -0.590. The zero-order valence-corrected chi connectivity index (χ0v) is 12.6. The molecule has 0 N–H and O–H groups in total. The molecule has 18 heavy (non-hydrogen) atoms. The first-order valence-corrected chi connectivity index (χ1v) is 7.74. The predicted octanol–water partition coefficient (Wildman–Crippen LogP) is 5.30. The summed E-state index contributed by atoms with van der Waals surface area (Å²) in [6.45, 7) is 10.2. The fourth-order valence-corrected chi connectivity index (χ4v) is 3.68. The number of Topliss-reactive ketones (excluding diaryl/α,β-unsaturated/α-hetero) is 1. The maximum atomic E-state index is 11.8. The van der Waals surface area contributed by atoms with Crippen molar-refractivity contribution in [2.24, 2.45) is 11.3 Å². The maximum absolute atomic E-state index is 11.8. The van der Waals surface area contributed by atoms with Gasteiger partial charge in [-0.2, -0.15) is 0 Å². The molecular formula is C17H30O. The van der Waals surface area contributed by atoms with E-state index >= 15 is 0 Å². The fourth-order valence-electron chi connectivity index (χ4n) is 3.68. The lowest BCUT2D eigenvalue weighted by Gasteiger charge is -2.42. The lowest BCUT2D eigenvalue weighted by molar-refractivity contribution is -0.116. The van der Waals surface area contributed by atoms with Crippen LogP contribution in [0.5, 0.6) is 0 Å². The van der Waals surface area contributed by atoms with Gasteiger partial charge in [0.15, 0.2) is 5.78 Å². The highest BCUT2D eigenvalue weighted by atomic mass is 16.1. The number of rotatable bonds is 7. The normalized spacial score (nSPS) is 17.7. The molecule has 0 aromatic rings. The Bertz CT molecular complexity index is 280. The molecule has 1 rings (SSSR count). The molecule has 0 spiro atoms. The topological polar surface area (TPSA) is 17.1 Å². The van der Waals surface area contributed by atoms with E-state index in [0.29, 0.717) is 11.8 Å². The molecule has 104 valence electrons. The van der Waals surface area contributed by atoms with Crippen LogP contribution in [0, 0.1) is 11.3 Å². The second-order valence-electron chi connectivity index (χ2n) is 6.11. The highest BCUT2D eigenvalue weighted by Gasteiger charge is 2.36. The zero-order chi connectivity index (χ0) is 13.6. The van der Waals surface area contributed by atoms with Gasteiger partial charge in [-0.25, -0.2) is 0 Å². The minimum Gasteiger partial charge on any atom is -0.295 e. The van der Waals surface area contributed by atoms with Gasteiger partial charge in [0, 0.05) is 6.42 Å². The standard InChI is InChI=1S/C17H30O/c1-5-17(6-2,13-12-16(18)14(3)4)15-10-8-7-9-11-15/h15H,3,5-13H2,1-2,4H3. The summed E-state index contributed by atoms with van der Waals surface area (Å²) >= 11 is 0. The van der Waals surface area contributed by atoms with Gasteiger partial charge in [0.05, 0.1) is 0 Å². The molecule has 0 bridgehead atoms. The summed E-state index contributed by atoms with van der Waals surface area (Å²) in [6.07, 6.45) is 11.2. The van der Waals surface area contributed by atoms with Gasteiger partial charge in [-0.15, -0.1) is 0 Å². The Balaban J connectivity index is 2.66. The van der Waals surface area contributed by atoms with Crippen molar-refractivity contribution in [3.63, 3.8) is 0 Å². The van der Waals surface area contributed by atoms with Gasteiger partial charge in [-0.3, -0.25) is 4.79 Å². The van der Waals surface area contributed by atoms with Crippen LogP contribution < -0.4 is 0 Å². The van der Waals surface area contributed by atoms with E-state index in [4.69, 9.17) is 0 Å². The van der Waals surface area contributed by atoms with E-state index in [0.717, 1.165) is 17.9 Å². The first-order chi connectivity index (χ1) is 8.55. The molecule has 1 fully saturated rings. The van der Waals surface area contributed by atoms with Gasteiger partial charge in [0.25, 0.3) is 0 Å². The van der Waals surface area contributed by atoms with E-state index in [-0.39, 0.29) is 5.78 Å². The second kappa shape index (κ2) is 7.11. The van der Waals surface area contributed by atoms with E-state index < -0.39 is 0 Å². The minimum atomic E-state index is 0.261. The third-order valence-electron chi connectivity index (χ3n) is 5.21. The summed E-state index contributed by atoms with van der Waals surface area (Å²) in [5.74, 6) is 1.11. The van der Waals surface area contributed by atoms with Crippen LogP contribution in [0.2, 0.25) is 0 Å². The van der Waals surface area contributed by atoms with Crippen LogP contribution in [-0.2, 0) is 4.79 Å². The first-order valence-electron chi connectivity index (χ1n) is 7.74. The van der Waals surface area contributed by atoms with E-state index in [2.05, 4.69) is 20.4 Å². The van der Waals surface area contributed by atoms with Crippen molar-refractivity contribution in [1.82, 2.24) is 0 Å². The van der Waals surface area contributed by atoms with Crippen molar-refractivity contribution in [2.45, 2.75) is 78.6 Å². The molecule has 0 unspecified atom stereocenters. The smallest absolute Gasteiger partial charge is 0.158 e. The molecule has 0 heterocycles. The fraction of sp³-hybridized carbons (Fsp3) is 0.824. The number of ketones is 1. The quantitative estimate of drug-likeness (QED) is 0.560. The van der Waals surface area contributed by atoms with E-state index in [1.165, 1.54) is 44.9 Å². The number of carbonyl (C=O) groups is 1. The molecule has 0 radical (unpaired) electrons. The zero-order valence-electron chi connectivity index (χ0n) is 12.6. The summed E-state index contributed by atoms with van der Waals surface area (Å²) in [7, 11) is 0. The Kier molecular flexibility index (Phi) is 6.11. The second-order valence-corrected chi connectivity index (χ2v) is 6.11. The molecule has 0 saturated heterocycles. The SMILES string of the molecule is C=C(C)C(=O)CCC(CC)(CC)C1CCCCC1. The average Bonchev–Trinajstić information content (AvgIpc) is 2.41. The molecular weight excluding hydrogens is 220 g/mol. The Labute approximate surface area is 113 Å². The Morgan fingerprint density at radius 1 is 1.17 bits per heavy atom. The van der Waals surface area contributed by atoms with Crippen molar-refractivity contribution < 1.29 is 4.79 Å². The molecule has 0 amide bonds. The van der Waals surface area contributed by atoms with Gasteiger partial charge >= 0.3 is 0 Å². The molecule has 1 aliphatic carbocycles. The lowest BCUT2D eigenvalue weighted by atomic mass is 9.63. The van der Waals surface area contributed by atoms with E-state index in [9.17, 15) is 4.79 Å². The van der Waals surface area contributed by atoms with Gasteiger partial charge in [0.2, 0.25) is 0 Å². The Morgan fingerprint density at radius 2 is 1.72 bits per heavy atom. The highest BCUT2D eigenvalue weighted by Crippen LogP contribution is 2.46. The van der Waals surface area contributed by atoms with Gasteiger partial charge in [0.1, 0.15) is 0 Å². The third kappa shape index (κ3) is 3.70. The maximum Gasteiger partial charge on any atom is 0.158 e. The van der Waals surface area contributed by atoms with Crippen molar-refractivity contribution in [1.29, 1.82) is 0 Å². The summed E-state index contributed by atoms with van der Waals surface area (Å²) < 4.78 is 0. The van der Waals surface area contributed by atoms with Crippen LogP contribution >= 0.6 is 0 Å². The van der Waals surface area contributed by atoms with E-state index in [1.54, 1.807) is 0 Å². The summed E-state index contributed by atoms with van der Waals surface area (Å²) in [6, 6.07) is 0. The van der Waals surface area contributed by atoms with Crippen LogP contribution in [-0.4, -0.2) is 5.78 Å². The van der Waals surface area contributed by atoms with Crippen molar-refractivity contribution in [2.75, 3.05) is 0 Å². The molecule has 0 aliphatic heterocycles. The van der Waals surface area contributed by atoms with Gasteiger partial charge < -0.3 is 0 Å². The number of hydrogen-bond acceptors (Lipinski definition) is 1. The van der Waals surface area contributed by atoms with Crippen LogP contribution in [0.4, 0.5) is 0 Å². The van der Waals surface area contributed by atoms with Crippen molar-refractivity contribution >= 4 is 5.78 Å². The third-order valence-corrected chi connectivity index (χ3v) is 5.21. The molecule has 0 aromatic heterocycles. The Morgan fingerprint density at radius 3 is 2.17 bits per heavy atom. The first kappa shape index (κ1) is 15.5. The van der Waals surface area contributed by atoms with Crippen molar-refractivity contribution in [3.8, 4) is 0 Å². The van der Waals surface area contributed by atoms with E-state index in [1.807, 2.05) is 6.92 Å². The predicted molar refractivity (Wildman–Crippen MR) is 78.6 cm³/mol. The molecule has 1 aliphatic rings. The number of allylic oxidation sites excluding steroid dienone is 1. The van der Waals surface area contributed by atoms with Gasteiger partial charge in [-0.05, 0) is 43.1 Å². The minimum absolute atomic E-state index is 0.261. The molecule has 0 atom stereocenters. The highest BCUT2D eigenvalue weighted by molar-refractivity contribution is 5.94. The number of hydrogen-bond donors (Lipinski definition) is 0. The summed E-state index contributed by atoms with van der Waals surface area (Å²) in [5, 5.41) is 0. The van der Waals surface area contributed by atoms with Gasteiger partial charge in [-0.1, -0.05) is 52.5 Å². The summed E-state index contributed by atoms with van der Waals surface area (Å²) in [4.78, 5) is 11.8. The number of carbonyl (C=O) groups excluding carboxylic acids is 1. The largest absolute Gasteiger partial charge is 0.295 e. The molecule has 1 heteroatoms. The van der Waals surface area contributed by atoms with Crippen molar-refractivity contribution in [3.05, 3.63) is 12.2 Å². The molecule has 1 saturated carbocycles. The average molecular weight is 250 g/mol. The molecule has 0 aromatic carbocycles. The van der Waals surface area contributed by atoms with Crippen LogP contribution in [0.3, 0.4) is 0 Å². The summed E-state index contributed by atoms with van der Waals surface area (Å²) in [5.41, 5.74) is 1.13. The lowest BCUT2D eigenvalue weighted by Crippen LogP contribution is -2.32.